The van der Waals surface area contributed by atoms with Crippen LogP contribution in [0.5, 0.6) is 0 Å². The Hall–Kier alpha value is -0.590. The molecule has 3 nitrogen and oxygen atoms in total. The summed E-state index contributed by atoms with van der Waals surface area (Å²) in [5, 5.41) is 17.2. The fourth-order valence-electron chi connectivity index (χ4n) is 0.922. The van der Waals surface area contributed by atoms with Gasteiger partial charge in [0.2, 0.25) is 0 Å². The third kappa shape index (κ3) is 1.41. The first kappa shape index (κ1) is 6.53. The Morgan fingerprint density at radius 1 is 1.78 bits per heavy atom. The quantitative estimate of drug-likeness (QED) is 0.541. The van der Waals surface area contributed by atoms with Gasteiger partial charge in [0.25, 0.3) is 0 Å². The van der Waals surface area contributed by atoms with Crippen LogP contribution < -0.4 is 0 Å². The zero-order valence-electron chi connectivity index (χ0n) is 5.08. The van der Waals surface area contributed by atoms with Crippen LogP contribution in [0.25, 0.3) is 0 Å². The Balaban J connectivity index is 2.33. The smallest absolute Gasteiger partial charge is 0.0964 e. The molecule has 0 aliphatic carbocycles. The zero-order valence-corrected chi connectivity index (χ0v) is 5.08. The molecular formula is C6H9NO2. The third-order valence-corrected chi connectivity index (χ3v) is 1.47. The number of aliphatic hydroxyl groups excluding tert-OH is 1. The van der Waals surface area contributed by atoms with Crippen LogP contribution in [0.1, 0.15) is 12.8 Å². The molecule has 1 aliphatic heterocycles. The predicted octanol–water partition coefficient (Wildman–Crippen LogP) is 0.0499. The SMILES string of the molecule is N#CCC1OCCC1O. The standard InChI is InChI=1S/C6H9NO2/c7-3-1-6-5(8)2-4-9-6/h5-6,8H,1-2,4H2. The highest BCUT2D eigenvalue weighted by Gasteiger charge is 2.25. The van der Waals surface area contributed by atoms with E-state index in [4.69, 9.17) is 15.1 Å². The Bertz CT molecular complexity index is 130. The van der Waals surface area contributed by atoms with E-state index in [9.17, 15) is 0 Å². The second-order valence-electron chi connectivity index (χ2n) is 2.13. The molecule has 0 bridgehead atoms. The van der Waals surface area contributed by atoms with Gasteiger partial charge >= 0.3 is 0 Å². The lowest BCUT2D eigenvalue weighted by Crippen LogP contribution is -2.19. The van der Waals surface area contributed by atoms with E-state index >= 15 is 0 Å². The molecule has 9 heavy (non-hydrogen) atoms. The lowest BCUT2D eigenvalue weighted by Gasteiger charge is -2.07. The molecule has 1 fully saturated rings. The van der Waals surface area contributed by atoms with Gasteiger partial charge in [0, 0.05) is 6.61 Å². The lowest BCUT2D eigenvalue weighted by molar-refractivity contribution is 0.0459. The third-order valence-electron chi connectivity index (χ3n) is 1.47. The summed E-state index contributed by atoms with van der Waals surface area (Å²) in [6, 6.07) is 1.96. The van der Waals surface area contributed by atoms with Gasteiger partial charge in [0.05, 0.1) is 24.7 Å². The van der Waals surface area contributed by atoms with Gasteiger partial charge in [0.15, 0.2) is 0 Å². The van der Waals surface area contributed by atoms with Crippen molar-refractivity contribution in [1.29, 1.82) is 5.26 Å². The lowest BCUT2D eigenvalue weighted by atomic mass is 10.1. The second kappa shape index (κ2) is 2.81. The van der Waals surface area contributed by atoms with Crippen LogP contribution in [0.2, 0.25) is 0 Å². The number of nitrogens with zero attached hydrogens (tertiary/aromatic N) is 1. The van der Waals surface area contributed by atoms with E-state index in [1.165, 1.54) is 0 Å². The first-order chi connectivity index (χ1) is 4.34. The molecule has 0 radical (unpaired) electrons. The van der Waals surface area contributed by atoms with Crippen molar-refractivity contribution in [3.8, 4) is 6.07 Å². The minimum absolute atomic E-state index is 0.227. The van der Waals surface area contributed by atoms with Crippen molar-refractivity contribution in [3.63, 3.8) is 0 Å². The van der Waals surface area contributed by atoms with E-state index in [2.05, 4.69) is 0 Å². The fourth-order valence-corrected chi connectivity index (χ4v) is 0.922. The van der Waals surface area contributed by atoms with E-state index in [1.807, 2.05) is 6.07 Å². The molecule has 0 aromatic carbocycles. The Labute approximate surface area is 53.9 Å². The normalized spacial score (nSPS) is 34.2. The number of hydrogen-bond acceptors (Lipinski definition) is 3. The highest BCUT2D eigenvalue weighted by molar-refractivity contribution is 4.84. The molecule has 2 atom stereocenters. The highest BCUT2D eigenvalue weighted by atomic mass is 16.5. The summed E-state index contributed by atoms with van der Waals surface area (Å²) in [4.78, 5) is 0. The Kier molecular flexibility index (Phi) is 2.04. The van der Waals surface area contributed by atoms with E-state index in [1.54, 1.807) is 0 Å². The van der Waals surface area contributed by atoms with Gasteiger partial charge in [-0.25, -0.2) is 0 Å². The molecule has 1 rings (SSSR count). The maximum absolute atomic E-state index is 9.04. The Morgan fingerprint density at radius 2 is 2.56 bits per heavy atom. The average molecular weight is 127 g/mol. The molecule has 0 saturated carbocycles. The molecule has 2 unspecified atom stereocenters. The number of hydrogen-bond donors (Lipinski definition) is 1. The highest BCUT2D eigenvalue weighted by Crippen LogP contribution is 2.15. The van der Waals surface area contributed by atoms with E-state index in [0.29, 0.717) is 19.4 Å². The maximum Gasteiger partial charge on any atom is 0.0964 e. The molecule has 0 spiro atoms. The molecule has 1 saturated heterocycles. The largest absolute Gasteiger partial charge is 0.390 e. The van der Waals surface area contributed by atoms with Gasteiger partial charge in [-0.3, -0.25) is 0 Å². The molecular weight excluding hydrogens is 118 g/mol. The molecule has 0 aromatic heterocycles. The number of aliphatic hydroxyl groups is 1. The van der Waals surface area contributed by atoms with Crippen LogP contribution in [0.3, 0.4) is 0 Å². The van der Waals surface area contributed by atoms with Crippen molar-refractivity contribution in [2.45, 2.75) is 25.0 Å². The number of rotatable bonds is 1. The first-order valence-corrected chi connectivity index (χ1v) is 3.01. The minimum atomic E-state index is -0.412. The molecule has 50 valence electrons. The fraction of sp³-hybridized carbons (Fsp3) is 0.833. The molecule has 3 heteroatoms. The summed E-state index contributed by atoms with van der Waals surface area (Å²) in [6.07, 6.45) is 0.340. The molecule has 1 heterocycles. The van der Waals surface area contributed by atoms with Crippen LogP contribution in [-0.4, -0.2) is 23.9 Å². The predicted molar refractivity (Wildman–Crippen MR) is 30.6 cm³/mol. The van der Waals surface area contributed by atoms with Crippen molar-refractivity contribution < 1.29 is 9.84 Å². The summed E-state index contributed by atoms with van der Waals surface area (Å²) in [7, 11) is 0. The van der Waals surface area contributed by atoms with Crippen molar-refractivity contribution in [1.82, 2.24) is 0 Å². The monoisotopic (exact) mass is 127 g/mol. The topological polar surface area (TPSA) is 53.2 Å². The number of ether oxygens (including phenoxy) is 1. The van der Waals surface area contributed by atoms with Crippen LogP contribution in [0.4, 0.5) is 0 Å². The first-order valence-electron chi connectivity index (χ1n) is 3.01. The molecule has 0 amide bonds. The van der Waals surface area contributed by atoms with Gasteiger partial charge in [-0.1, -0.05) is 0 Å². The van der Waals surface area contributed by atoms with Crippen LogP contribution >= 0.6 is 0 Å². The van der Waals surface area contributed by atoms with Crippen molar-refractivity contribution in [3.05, 3.63) is 0 Å². The summed E-state index contributed by atoms with van der Waals surface area (Å²) >= 11 is 0. The Morgan fingerprint density at radius 3 is 3.00 bits per heavy atom. The van der Waals surface area contributed by atoms with Crippen molar-refractivity contribution >= 4 is 0 Å². The van der Waals surface area contributed by atoms with E-state index in [-0.39, 0.29) is 6.10 Å². The molecule has 0 aromatic rings. The van der Waals surface area contributed by atoms with Crippen molar-refractivity contribution in [2.24, 2.45) is 0 Å². The van der Waals surface area contributed by atoms with Crippen LogP contribution in [0, 0.1) is 11.3 Å². The van der Waals surface area contributed by atoms with Crippen LogP contribution in [0.15, 0.2) is 0 Å². The summed E-state index contributed by atoms with van der Waals surface area (Å²) in [5.41, 5.74) is 0. The van der Waals surface area contributed by atoms with Gasteiger partial charge in [0.1, 0.15) is 0 Å². The van der Waals surface area contributed by atoms with Crippen LogP contribution in [-0.2, 0) is 4.74 Å². The van der Waals surface area contributed by atoms with E-state index < -0.39 is 6.10 Å². The molecule has 1 N–H and O–H groups in total. The van der Waals surface area contributed by atoms with Gasteiger partial charge in [-0.05, 0) is 6.42 Å². The minimum Gasteiger partial charge on any atom is -0.390 e. The summed E-state index contributed by atoms with van der Waals surface area (Å²) in [6.45, 7) is 0.591. The van der Waals surface area contributed by atoms with Gasteiger partial charge < -0.3 is 9.84 Å². The number of nitriles is 1. The maximum atomic E-state index is 9.04. The van der Waals surface area contributed by atoms with Gasteiger partial charge in [-0.2, -0.15) is 5.26 Å². The zero-order chi connectivity index (χ0) is 6.69. The average Bonchev–Trinajstić information content (AvgIpc) is 2.18. The second-order valence-corrected chi connectivity index (χ2v) is 2.13. The van der Waals surface area contributed by atoms with Gasteiger partial charge in [-0.15, -0.1) is 0 Å². The molecule has 1 aliphatic rings. The summed E-state index contributed by atoms with van der Waals surface area (Å²) in [5.74, 6) is 0. The van der Waals surface area contributed by atoms with Crippen molar-refractivity contribution in [2.75, 3.05) is 6.61 Å². The summed E-state index contributed by atoms with van der Waals surface area (Å²) < 4.78 is 5.03. The van der Waals surface area contributed by atoms with E-state index in [0.717, 1.165) is 0 Å².